The second kappa shape index (κ2) is 6.18. The van der Waals surface area contributed by atoms with E-state index in [1.54, 1.807) is 0 Å². The highest BCUT2D eigenvalue weighted by molar-refractivity contribution is 5.23. The molecule has 17 heavy (non-hydrogen) atoms. The molecule has 2 unspecified atom stereocenters. The zero-order valence-corrected chi connectivity index (χ0v) is 10.9. The third kappa shape index (κ3) is 3.83. The smallest absolute Gasteiger partial charge is 0.0480 e. The molecule has 1 aliphatic rings. The second-order valence-corrected chi connectivity index (χ2v) is 5.04. The Hall–Kier alpha value is -0.860. The van der Waals surface area contributed by atoms with Crippen molar-refractivity contribution in [2.75, 3.05) is 13.2 Å². The summed E-state index contributed by atoms with van der Waals surface area (Å²) in [5.41, 5.74) is 2.70. The minimum atomic E-state index is 0.429. The summed E-state index contributed by atoms with van der Waals surface area (Å²) in [6.07, 6.45) is 3.55. The summed E-state index contributed by atoms with van der Waals surface area (Å²) in [6.45, 7) is 6.20. The van der Waals surface area contributed by atoms with E-state index in [-0.39, 0.29) is 0 Å². The van der Waals surface area contributed by atoms with Gasteiger partial charge in [-0.15, -0.1) is 0 Å². The van der Waals surface area contributed by atoms with Crippen molar-refractivity contribution < 1.29 is 4.74 Å². The molecule has 2 nitrogen and oxygen atoms in total. The number of aryl methyl sites for hydroxylation is 1. The fourth-order valence-corrected chi connectivity index (χ4v) is 2.38. The maximum atomic E-state index is 5.49. The van der Waals surface area contributed by atoms with Crippen LogP contribution in [0.4, 0.5) is 0 Å². The number of benzene rings is 1. The van der Waals surface area contributed by atoms with Gasteiger partial charge in [0, 0.05) is 25.3 Å². The van der Waals surface area contributed by atoms with E-state index in [1.165, 1.54) is 24.0 Å². The molecule has 1 heterocycles. The van der Waals surface area contributed by atoms with Crippen LogP contribution in [0.3, 0.4) is 0 Å². The molecular weight excluding hydrogens is 210 g/mol. The minimum Gasteiger partial charge on any atom is -0.381 e. The molecule has 0 amide bonds. The third-order valence-electron chi connectivity index (χ3n) is 3.51. The number of hydrogen-bond acceptors (Lipinski definition) is 2. The van der Waals surface area contributed by atoms with Gasteiger partial charge >= 0.3 is 0 Å². The summed E-state index contributed by atoms with van der Waals surface area (Å²) in [5, 5.41) is 3.71. The Morgan fingerprint density at radius 2 is 1.94 bits per heavy atom. The van der Waals surface area contributed by atoms with Gasteiger partial charge in [0.2, 0.25) is 0 Å². The van der Waals surface area contributed by atoms with Crippen molar-refractivity contribution in [3.63, 3.8) is 0 Å². The molecule has 0 aromatic heterocycles. The first-order valence-electron chi connectivity index (χ1n) is 6.66. The van der Waals surface area contributed by atoms with Gasteiger partial charge in [0.05, 0.1) is 0 Å². The SMILES string of the molecule is Cc1ccc(C(C)NC2CCCOCC2)cc1. The van der Waals surface area contributed by atoms with E-state index in [0.29, 0.717) is 12.1 Å². The van der Waals surface area contributed by atoms with Crippen LogP contribution in [-0.2, 0) is 4.74 Å². The zero-order valence-electron chi connectivity index (χ0n) is 10.9. The van der Waals surface area contributed by atoms with Crippen LogP contribution in [-0.4, -0.2) is 19.3 Å². The fraction of sp³-hybridized carbons (Fsp3) is 0.600. The number of rotatable bonds is 3. The summed E-state index contributed by atoms with van der Waals surface area (Å²) >= 11 is 0. The summed E-state index contributed by atoms with van der Waals surface area (Å²) < 4.78 is 5.49. The second-order valence-electron chi connectivity index (χ2n) is 5.04. The van der Waals surface area contributed by atoms with Crippen molar-refractivity contribution in [3.05, 3.63) is 35.4 Å². The Morgan fingerprint density at radius 3 is 2.71 bits per heavy atom. The molecule has 1 aromatic rings. The average Bonchev–Trinajstić information content (AvgIpc) is 2.58. The van der Waals surface area contributed by atoms with E-state index in [9.17, 15) is 0 Å². The van der Waals surface area contributed by atoms with Gasteiger partial charge in [0.25, 0.3) is 0 Å². The predicted molar refractivity (Wildman–Crippen MR) is 71.2 cm³/mol. The lowest BCUT2D eigenvalue weighted by Gasteiger charge is -2.22. The van der Waals surface area contributed by atoms with Gasteiger partial charge in [-0.05, 0) is 38.7 Å². The topological polar surface area (TPSA) is 21.3 Å². The van der Waals surface area contributed by atoms with Crippen LogP contribution in [0.1, 0.15) is 43.4 Å². The van der Waals surface area contributed by atoms with Gasteiger partial charge in [-0.1, -0.05) is 29.8 Å². The monoisotopic (exact) mass is 233 g/mol. The quantitative estimate of drug-likeness (QED) is 0.865. The Kier molecular flexibility index (Phi) is 4.57. The molecule has 2 heteroatoms. The van der Waals surface area contributed by atoms with Gasteiger partial charge in [0.15, 0.2) is 0 Å². The van der Waals surface area contributed by atoms with Gasteiger partial charge in [-0.25, -0.2) is 0 Å². The van der Waals surface area contributed by atoms with Gasteiger partial charge < -0.3 is 10.1 Å². The van der Waals surface area contributed by atoms with E-state index < -0.39 is 0 Å². The van der Waals surface area contributed by atoms with E-state index in [0.717, 1.165) is 19.6 Å². The molecule has 1 aromatic carbocycles. The van der Waals surface area contributed by atoms with Crippen LogP contribution in [0.5, 0.6) is 0 Å². The number of nitrogens with one attached hydrogen (secondary N) is 1. The zero-order chi connectivity index (χ0) is 12.1. The van der Waals surface area contributed by atoms with E-state index in [4.69, 9.17) is 4.74 Å². The van der Waals surface area contributed by atoms with E-state index in [1.807, 2.05) is 0 Å². The lowest BCUT2D eigenvalue weighted by molar-refractivity contribution is 0.142. The molecular formula is C15H23NO. The molecule has 0 bridgehead atoms. The summed E-state index contributed by atoms with van der Waals surface area (Å²) in [7, 11) is 0. The van der Waals surface area contributed by atoms with Crippen LogP contribution in [0, 0.1) is 6.92 Å². The maximum Gasteiger partial charge on any atom is 0.0480 e. The van der Waals surface area contributed by atoms with Gasteiger partial charge in [0.1, 0.15) is 0 Å². The standard InChI is InChI=1S/C15H23NO/c1-12-5-7-14(8-6-12)13(2)16-15-4-3-10-17-11-9-15/h5-8,13,15-16H,3-4,9-11H2,1-2H3. The van der Waals surface area contributed by atoms with Crippen LogP contribution in [0.2, 0.25) is 0 Å². The highest BCUT2D eigenvalue weighted by Gasteiger charge is 2.15. The largest absolute Gasteiger partial charge is 0.381 e. The number of ether oxygens (including phenoxy) is 1. The van der Waals surface area contributed by atoms with Crippen LogP contribution >= 0.6 is 0 Å². The Morgan fingerprint density at radius 1 is 1.18 bits per heavy atom. The van der Waals surface area contributed by atoms with Crippen LogP contribution < -0.4 is 5.32 Å². The van der Waals surface area contributed by atoms with Crippen molar-refractivity contribution in [2.24, 2.45) is 0 Å². The molecule has 2 atom stereocenters. The van der Waals surface area contributed by atoms with Crippen molar-refractivity contribution in [1.82, 2.24) is 5.32 Å². The molecule has 1 saturated heterocycles. The van der Waals surface area contributed by atoms with E-state index in [2.05, 4.69) is 43.4 Å². The molecule has 1 aliphatic heterocycles. The first-order valence-corrected chi connectivity index (χ1v) is 6.66. The average molecular weight is 233 g/mol. The minimum absolute atomic E-state index is 0.429. The van der Waals surface area contributed by atoms with Crippen molar-refractivity contribution >= 4 is 0 Å². The van der Waals surface area contributed by atoms with Crippen molar-refractivity contribution in [2.45, 2.75) is 45.2 Å². The maximum absolute atomic E-state index is 5.49. The Balaban J connectivity index is 1.91. The summed E-state index contributed by atoms with van der Waals surface area (Å²) in [6, 6.07) is 9.85. The van der Waals surface area contributed by atoms with Crippen LogP contribution in [0.25, 0.3) is 0 Å². The molecule has 0 aliphatic carbocycles. The van der Waals surface area contributed by atoms with Crippen molar-refractivity contribution in [1.29, 1.82) is 0 Å². The summed E-state index contributed by atoms with van der Waals surface area (Å²) in [5.74, 6) is 0. The van der Waals surface area contributed by atoms with Crippen molar-refractivity contribution in [3.8, 4) is 0 Å². The lowest BCUT2D eigenvalue weighted by atomic mass is 10.0. The highest BCUT2D eigenvalue weighted by atomic mass is 16.5. The third-order valence-corrected chi connectivity index (χ3v) is 3.51. The summed E-state index contributed by atoms with van der Waals surface area (Å²) in [4.78, 5) is 0. The van der Waals surface area contributed by atoms with Gasteiger partial charge in [-0.3, -0.25) is 0 Å². The first kappa shape index (κ1) is 12.6. The molecule has 0 radical (unpaired) electrons. The molecule has 1 N–H and O–H groups in total. The first-order chi connectivity index (χ1) is 8.25. The Bertz CT molecular complexity index is 325. The predicted octanol–water partition coefficient (Wildman–Crippen LogP) is 3.21. The highest BCUT2D eigenvalue weighted by Crippen LogP contribution is 2.17. The van der Waals surface area contributed by atoms with Gasteiger partial charge in [-0.2, -0.15) is 0 Å². The lowest BCUT2D eigenvalue weighted by Crippen LogP contribution is -2.31. The normalized spacial score (nSPS) is 23.1. The molecule has 1 fully saturated rings. The molecule has 0 saturated carbocycles. The van der Waals surface area contributed by atoms with E-state index >= 15 is 0 Å². The Labute approximate surface area is 104 Å². The molecule has 2 rings (SSSR count). The van der Waals surface area contributed by atoms with Crippen LogP contribution in [0.15, 0.2) is 24.3 Å². The number of hydrogen-bond donors (Lipinski definition) is 1. The molecule has 0 spiro atoms. The fourth-order valence-electron chi connectivity index (χ4n) is 2.38. The molecule has 94 valence electrons.